The Morgan fingerprint density at radius 3 is 2.93 bits per heavy atom. The van der Waals surface area contributed by atoms with Crippen molar-refractivity contribution in [3.05, 3.63) is 40.9 Å². The molecule has 1 atom stereocenters. The number of rotatable bonds is 4. The summed E-state index contributed by atoms with van der Waals surface area (Å²) in [6.45, 7) is 3.67. The number of hydrogen-bond donors (Lipinski definition) is 1. The second-order valence-corrected chi connectivity index (χ2v) is 3.87. The van der Waals surface area contributed by atoms with E-state index in [2.05, 4.69) is 22.5 Å². The van der Waals surface area contributed by atoms with Crippen LogP contribution in [-0.4, -0.2) is 7.11 Å². The summed E-state index contributed by atoms with van der Waals surface area (Å²) in [4.78, 5) is 0. The molecule has 76 valence electrons. The van der Waals surface area contributed by atoms with E-state index in [1.165, 1.54) is 0 Å². The molecule has 0 bridgehead atoms. The zero-order valence-corrected chi connectivity index (χ0v) is 9.75. The Morgan fingerprint density at radius 1 is 1.64 bits per heavy atom. The lowest BCUT2D eigenvalue weighted by molar-refractivity contribution is 0.413. The summed E-state index contributed by atoms with van der Waals surface area (Å²) in [5.41, 5.74) is 7.02. The van der Waals surface area contributed by atoms with Crippen molar-refractivity contribution >= 4 is 15.9 Å². The van der Waals surface area contributed by atoms with Gasteiger partial charge < -0.3 is 10.5 Å². The number of halogens is 1. The maximum atomic E-state index is 5.97. The van der Waals surface area contributed by atoms with Crippen LogP contribution in [0.5, 0.6) is 5.75 Å². The van der Waals surface area contributed by atoms with Crippen molar-refractivity contribution in [3.63, 3.8) is 0 Å². The molecule has 0 aromatic heterocycles. The molecule has 14 heavy (non-hydrogen) atoms. The van der Waals surface area contributed by atoms with Gasteiger partial charge in [-0.15, -0.1) is 6.58 Å². The first kappa shape index (κ1) is 11.3. The Hall–Kier alpha value is -0.800. The van der Waals surface area contributed by atoms with E-state index in [9.17, 15) is 0 Å². The van der Waals surface area contributed by atoms with E-state index in [1.54, 1.807) is 7.11 Å². The molecule has 3 heteroatoms. The molecule has 0 saturated heterocycles. The first-order chi connectivity index (χ1) is 6.69. The first-order valence-corrected chi connectivity index (χ1v) is 5.18. The van der Waals surface area contributed by atoms with Gasteiger partial charge in [0.25, 0.3) is 0 Å². The second kappa shape index (κ2) is 5.17. The molecular weight excluding hydrogens is 242 g/mol. The second-order valence-electron chi connectivity index (χ2n) is 3.02. The van der Waals surface area contributed by atoms with Gasteiger partial charge in [0.2, 0.25) is 0 Å². The average Bonchev–Trinajstić information content (AvgIpc) is 2.19. The molecule has 2 nitrogen and oxygen atoms in total. The molecule has 0 aliphatic heterocycles. The molecule has 0 spiro atoms. The molecule has 0 fully saturated rings. The van der Waals surface area contributed by atoms with E-state index < -0.39 is 0 Å². The van der Waals surface area contributed by atoms with Crippen molar-refractivity contribution in [2.24, 2.45) is 5.73 Å². The third-order valence-electron chi connectivity index (χ3n) is 2.02. The van der Waals surface area contributed by atoms with Crippen molar-refractivity contribution in [1.29, 1.82) is 0 Å². The van der Waals surface area contributed by atoms with Gasteiger partial charge in [-0.25, -0.2) is 0 Å². The zero-order chi connectivity index (χ0) is 10.6. The molecule has 0 aliphatic rings. The zero-order valence-electron chi connectivity index (χ0n) is 8.16. The lowest BCUT2D eigenvalue weighted by Gasteiger charge is -2.13. The quantitative estimate of drug-likeness (QED) is 0.840. The summed E-state index contributed by atoms with van der Waals surface area (Å²) in [6.07, 6.45) is 2.57. The molecule has 0 radical (unpaired) electrons. The summed E-state index contributed by atoms with van der Waals surface area (Å²) >= 11 is 3.46. The highest BCUT2D eigenvalue weighted by Gasteiger charge is 2.09. The van der Waals surface area contributed by atoms with Crippen molar-refractivity contribution in [2.75, 3.05) is 7.11 Å². The summed E-state index contributed by atoms with van der Waals surface area (Å²) in [5.74, 6) is 0.822. The summed E-state index contributed by atoms with van der Waals surface area (Å²) < 4.78 is 6.14. The fourth-order valence-corrected chi connectivity index (χ4v) is 1.78. The van der Waals surface area contributed by atoms with E-state index in [-0.39, 0.29) is 6.04 Å². The predicted molar refractivity (Wildman–Crippen MR) is 62.4 cm³/mol. The van der Waals surface area contributed by atoms with Gasteiger partial charge in [-0.05, 0) is 30.2 Å². The largest absolute Gasteiger partial charge is 0.497 e. The van der Waals surface area contributed by atoms with Gasteiger partial charge in [-0.2, -0.15) is 0 Å². The lowest BCUT2D eigenvalue weighted by Crippen LogP contribution is -2.09. The molecule has 0 heterocycles. The van der Waals surface area contributed by atoms with E-state index in [0.29, 0.717) is 0 Å². The maximum Gasteiger partial charge on any atom is 0.119 e. The Balaban J connectivity index is 2.98. The average molecular weight is 256 g/mol. The van der Waals surface area contributed by atoms with Gasteiger partial charge in [0.1, 0.15) is 5.75 Å². The van der Waals surface area contributed by atoms with Gasteiger partial charge in [0.15, 0.2) is 0 Å². The first-order valence-electron chi connectivity index (χ1n) is 4.39. The highest BCUT2D eigenvalue weighted by atomic mass is 79.9. The third-order valence-corrected chi connectivity index (χ3v) is 2.75. The van der Waals surface area contributed by atoms with Crippen molar-refractivity contribution in [3.8, 4) is 5.75 Å². The van der Waals surface area contributed by atoms with Crippen LogP contribution in [0.1, 0.15) is 18.0 Å². The van der Waals surface area contributed by atoms with E-state index in [4.69, 9.17) is 10.5 Å². The monoisotopic (exact) mass is 255 g/mol. The van der Waals surface area contributed by atoms with Crippen LogP contribution >= 0.6 is 15.9 Å². The smallest absolute Gasteiger partial charge is 0.119 e. The standard InChI is InChI=1S/C11H14BrNO/c1-3-4-11(13)9-7-8(14-2)5-6-10(9)12/h3,5-7,11H,1,4,13H2,2H3. The van der Waals surface area contributed by atoms with Crippen LogP contribution in [0.15, 0.2) is 35.3 Å². The van der Waals surface area contributed by atoms with Crippen LogP contribution in [-0.2, 0) is 0 Å². The van der Waals surface area contributed by atoms with Gasteiger partial charge in [0, 0.05) is 10.5 Å². The Bertz CT molecular complexity index is 325. The molecule has 1 unspecified atom stereocenters. The van der Waals surface area contributed by atoms with Gasteiger partial charge in [-0.3, -0.25) is 0 Å². The van der Waals surface area contributed by atoms with E-state index >= 15 is 0 Å². The normalized spacial score (nSPS) is 12.2. The number of hydrogen-bond acceptors (Lipinski definition) is 2. The molecule has 2 N–H and O–H groups in total. The third kappa shape index (κ3) is 2.59. The number of ether oxygens (including phenoxy) is 1. The Kier molecular flexibility index (Phi) is 4.17. The molecule has 1 rings (SSSR count). The minimum atomic E-state index is -0.0306. The van der Waals surface area contributed by atoms with Crippen molar-refractivity contribution < 1.29 is 4.74 Å². The fourth-order valence-electron chi connectivity index (χ4n) is 1.24. The van der Waals surface area contributed by atoms with Crippen LogP contribution in [0.3, 0.4) is 0 Å². The molecule has 1 aromatic rings. The molecule has 0 amide bonds. The van der Waals surface area contributed by atoms with Crippen LogP contribution in [0.4, 0.5) is 0 Å². The highest BCUT2D eigenvalue weighted by Crippen LogP contribution is 2.28. The van der Waals surface area contributed by atoms with Gasteiger partial charge in [0.05, 0.1) is 7.11 Å². The Labute approximate surface area is 92.9 Å². The van der Waals surface area contributed by atoms with Crippen LogP contribution in [0.25, 0.3) is 0 Å². The fraction of sp³-hybridized carbons (Fsp3) is 0.273. The molecule has 0 aliphatic carbocycles. The summed E-state index contributed by atoms with van der Waals surface area (Å²) in [6, 6.07) is 5.75. The summed E-state index contributed by atoms with van der Waals surface area (Å²) in [5, 5.41) is 0. The van der Waals surface area contributed by atoms with Crippen LogP contribution < -0.4 is 10.5 Å². The Morgan fingerprint density at radius 2 is 2.36 bits per heavy atom. The lowest BCUT2D eigenvalue weighted by atomic mass is 10.0. The maximum absolute atomic E-state index is 5.97. The highest BCUT2D eigenvalue weighted by molar-refractivity contribution is 9.10. The van der Waals surface area contributed by atoms with Gasteiger partial charge in [-0.1, -0.05) is 22.0 Å². The van der Waals surface area contributed by atoms with Gasteiger partial charge >= 0.3 is 0 Å². The topological polar surface area (TPSA) is 35.2 Å². The van der Waals surface area contributed by atoms with Crippen LogP contribution in [0.2, 0.25) is 0 Å². The minimum absolute atomic E-state index is 0.0306. The predicted octanol–water partition coefficient (Wildman–Crippen LogP) is 3.03. The summed E-state index contributed by atoms with van der Waals surface area (Å²) in [7, 11) is 1.64. The SMILES string of the molecule is C=CCC(N)c1cc(OC)ccc1Br. The molecule has 1 aromatic carbocycles. The molecule has 0 saturated carbocycles. The van der Waals surface area contributed by atoms with Crippen LogP contribution in [0, 0.1) is 0 Å². The van der Waals surface area contributed by atoms with Crippen molar-refractivity contribution in [1.82, 2.24) is 0 Å². The molecular formula is C11H14BrNO. The minimum Gasteiger partial charge on any atom is -0.497 e. The van der Waals surface area contributed by atoms with E-state index in [0.717, 1.165) is 22.2 Å². The number of methoxy groups -OCH3 is 1. The number of nitrogens with two attached hydrogens (primary N) is 1. The van der Waals surface area contributed by atoms with E-state index in [1.807, 2.05) is 24.3 Å². The number of benzene rings is 1. The van der Waals surface area contributed by atoms with Crippen molar-refractivity contribution in [2.45, 2.75) is 12.5 Å².